The fourth-order valence-electron chi connectivity index (χ4n) is 4.08. The summed E-state index contributed by atoms with van der Waals surface area (Å²) in [6.07, 6.45) is 3.25. The summed E-state index contributed by atoms with van der Waals surface area (Å²) in [7, 11) is 0. The zero-order chi connectivity index (χ0) is 20.0. The lowest BCUT2D eigenvalue weighted by Crippen LogP contribution is -2.46. The molecule has 0 unspecified atom stereocenters. The predicted octanol–water partition coefficient (Wildman–Crippen LogP) is 3.02. The van der Waals surface area contributed by atoms with Gasteiger partial charge in [0.05, 0.1) is 12.1 Å². The van der Waals surface area contributed by atoms with Crippen molar-refractivity contribution in [3.8, 4) is 0 Å². The Kier molecular flexibility index (Phi) is 7.84. The van der Waals surface area contributed by atoms with Gasteiger partial charge in [-0.25, -0.2) is 0 Å². The molecule has 0 aliphatic heterocycles. The zero-order valence-electron chi connectivity index (χ0n) is 17.1. The third-order valence-corrected chi connectivity index (χ3v) is 5.77. The van der Waals surface area contributed by atoms with Gasteiger partial charge in [0.25, 0.3) is 0 Å². The first-order chi connectivity index (χ1) is 12.8. The lowest BCUT2D eigenvalue weighted by Gasteiger charge is -2.36. The van der Waals surface area contributed by atoms with E-state index in [9.17, 15) is 9.59 Å². The van der Waals surface area contributed by atoms with Crippen LogP contribution >= 0.6 is 0 Å². The van der Waals surface area contributed by atoms with E-state index in [-0.39, 0.29) is 23.8 Å². The van der Waals surface area contributed by atoms with E-state index in [1.165, 1.54) is 6.42 Å². The molecule has 0 bridgehead atoms. The maximum atomic E-state index is 13.0. The van der Waals surface area contributed by atoms with Crippen molar-refractivity contribution in [2.75, 3.05) is 6.54 Å². The van der Waals surface area contributed by atoms with Gasteiger partial charge in [0.1, 0.15) is 0 Å². The van der Waals surface area contributed by atoms with Gasteiger partial charge in [-0.2, -0.15) is 0 Å². The largest absolute Gasteiger partial charge is 0.353 e. The quantitative estimate of drug-likeness (QED) is 0.687. The van der Waals surface area contributed by atoms with E-state index in [1.807, 2.05) is 30.3 Å². The van der Waals surface area contributed by atoms with E-state index in [2.05, 4.69) is 31.4 Å². The molecule has 0 aromatic heterocycles. The van der Waals surface area contributed by atoms with Crippen LogP contribution in [0.2, 0.25) is 0 Å². The molecule has 0 spiro atoms. The number of hydrogen-bond acceptors (Lipinski definition) is 3. The van der Waals surface area contributed by atoms with Crippen molar-refractivity contribution < 1.29 is 9.59 Å². The molecule has 1 aliphatic rings. The third kappa shape index (κ3) is 6.06. The van der Waals surface area contributed by atoms with Crippen LogP contribution in [0.3, 0.4) is 0 Å². The van der Waals surface area contributed by atoms with Crippen molar-refractivity contribution in [1.82, 2.24) is 10.6 Å². The molecule has 2 rings (SSSR count). The molecule has 1 aliphatic carbocycles. The van der Waals surface area contributed by atoms with E-state index in [0.717, 1.165) is 18.4 Å². The number of amides is 2. The molecule has 150 valence electrons. The molecule has 0 radical (unpaired) electrons. The Labute approximate surface area is 163 Å². The Hall–Kier alpha value is -1.88. The van der Waals surface area contributed by atoms with Gasteiger partial charge in [-0.1, -0.05) is 57.5 Å². The van der Waals surface area contributed by atoms with Crippen LogP contribution in [0.1, 0.15) is 58.6 Å². The minimum Gasteiger partial charge on any atom is -0.353 e. The standard InChI is InChI=1S/C22H35N3O2/c1-14(2)18-11-10-15(3)12-19(18)22(27)24-13-20(25-21(26)16(4)23)17-8-6-5-7-9-17/h5-9,14-16,18-20H,10-13,23H2,1-4H3,(H,24,27)(H,25,26)/t15-,16-,18+,19-,20+/m1/s1. The Morgan fingerprint density at radius 1 is 1.15 bits per heavy atom. The van der Waals surface area contributed by atoms with Gasteiger partial charge in [0.2, 0.25) is 11.8 Å². The molecule has 4 N–H and O–H groups in total. The van der Waals surface area contributed by atoms with Gasteiger partial charge in [0, 0.05) is 12.5 Å². The number of benzene rings is 1. The average Bonchev–Trinajstić information content (AvgIpc) is 2.64. The van der Waals surface area contributed by atoms with Gasteiger partial charge in [0.15, 0.2) is 0 Å². The second-order valence-electron chi connectivity index (χ2n) is 8.44. The van der Waals surface area contributed by atoms with E-state index in [1.54, 1.807) is 6.92 Å². The second kappa shape index (κ2) is 9.88. The molecule has 0 heterocycles. The minimum absolute atomic E-state index is 0.0503. The van der Waals surface area contributed by atoms with Crippen LogP contribution in [0.25, 0.3) is 0 Å². The van der Waals surface area contributed by atoms with Crippen molar-refractivity contribution in [1.29, 1.82) is 0 Å². The fourth-order valence-corrected chi connectivity index (χ4v) is 4.08. The van der Waals surface area contributed by atoms with Crippen LogP contribution in [0.15, 0.2) is 30.3 Å². The lowest BCUT2D eigenvalue weighted by atomic mass is 9.70. The molecular formula is C22H35N3O2. The second-order valence-corrected chi connectivity index (χ2v) is 8.44. The number of hydrogen-bond donors (Lipinski definition) is 3. The van der Waals surface area contributed by atoms with Crippen molar-refractivity contribution in [2.45, 2.75) is 59.0 Å². The van der Waals surface area contributed by atoms with Crippen LogP contribution in [0.5, 0.6) is 0 Å². The highest BCUT2D eigenvalue weighted by molar-refractivity contribution is 5.82. The first-order valence-electron chi connectivity index (χ1n) is 10.2. The van der Waals surface area contributed by atoms with Crippen molar-refractivity contribution in [2.24, 2.45) is 29.4 Å². The van der Waals surface area contributed by atoms with E-state index < -0.39 is 6.04 Å². The summed E-state index contributed by atoms with van der Waals surface area (Å²) >= 11 is 0. The number of carbonyl (C=O) groups is 2. The monoisotopic (exact) mass is 373 g/mol. The third-order valence-electron chi connectivity index (χ3n) is 5.77. The molecular weight excluding hydrogens is 338 g/mol. The number of carbonyl (C=O) groups excluding carboxylic acids is 2. The minimum atomic E-state index is -0.587. The van der Waals surface area contributed by atoms with Crippen LogP contribution < -0.4 is 16.4 Å². The van der Waals surface area contributed by atoms with Crippen LogP contribution in [0, 0.1) is 23.7 Å². The summed E-state index contributed by atoms with van der Waals surface area (Å²) in [6.45, 7) is 8.67. The summed E-state index contributed by atoms with van der Waals surface area (Å²) < 4.78 is 0. The molecule has 27 heavy (non-hydrogen) atoms. The smallest absolute Gasteiger partial charge is 0.237 e. The van der Waals surface area contributed by atoms with Crippen molar-refractivity contribution in [3.63, 3.8) is 0 Å². The maximum absolute atomic E-state index is 13.0. The number of nitrogens with one attached hydrogen (secondary N) is 2. The summed E-state index contributed by atoms with van der Waals surface area (Å²) in [5.41, 5.74) is 6.66. The molecule has 5 atom stereocenters. The van der Waals surface area contributed by atoms with E-state index in [4.69, 9.17) is 5.73 Å². The van der Waals surface area contributed by atoms with Gasteiger partial charge < -0.3 is 16.4 Å². The molecule has 1 aromatic carbocycles. The number of nitrogens with two attached hydrogens (primary N) is 1. The molecule has 1 aromatic rings. The maximum Gasteiger partial charge on any atom is 0.237 e. The summed E-state index contributed by atoms with van der Waals surface area (Å²) in [5.74, 6) is 1.44. The Morgan fingerprint density at radius 2 is 1.81 bits per heavy atom. The molecule has 1 saturated carbocycles. The van der Waals surface area contributed by atoms with E-state index in [0.29, 0.717) is 24.3 Å². The highest BCUT2D eigenvalue weighted by Gasteiger charge is 2.35. The van der Waals surface area contributed by atoms with Crippen molar-refractivity contribution in [3.05, 3.63) is 35.9 Å². The zero-order valence-corrected chi connectivity index (χ0v) is 17.1. The average molecular weight is 374 g/mol. The van der Waals surface area contributed by atoms with Gasteiger partial charge in [-0.05, 0) is 43.1 Å². The van der Waals surface area contributed by atoms with E-state index >= 15 is 0 Å². The van der Waals surface area contributed by atoms with Crippen LogP contribution in [0.4, 0.5) is 0 Å². The van der Waals surface area contributed by atoms with Gasteiger partial charge >= 0.3 is 0 Å². The molecule has 5 heteroatoms. The highest BCUT2D eigenvalue weighted by Crippen LogP contribution is 2.38. The summed E-state index contributed by atoms with van der Waals surface area (Å²) in [6, 6.07) is 8.84. The van der Waals surface area contributed by atoms with Crippen molar-refractivity contribution >= 4 is 11.8 Å². The summed E-state index contributed by atoms with van der Waals surface area (Å²) in [4.78, 5) is 25.1. The first-order valence-corrected chi connectivity index (χ1v) is 10.2. The predicted molar refractivity (Wildman–Crippen MR) is 109 cm³/mol. The Morgan fingerprint density at radius 3 is 2.41 bits per heavy atom. The van der Waals surface area contributed by atoms with Gasteiger partial charge in [-0.3, -0.25) is 9.59 Å². The van der Waals surface area contributed by atoms with Gasteiger partial charge in [-0.15, -0.1) is 0 Å². The Balaban J connectivity index is 2.06. The number of rotatable bonds is 7. The molecule has 5 nitrogen and oxygen atoms in total. The lowest BCUT2D eigenvalue weighted by molar-refractivity contribution is -0.130. The van der Waals surface area contributed by atoms with Crippen LogP contribution in [-0.4, -0.2) is 24.4 Å². The topological polar surface area (TPSA) is 84.2 Å². The normalized spacial score (nSPS) is 24.9. The van der Waals surface area contributed by atoms with Crippen LogP contribution in [-0.2, 0) is 9.59 Å². The molecule has 1 fully saturated rings. The first kappa shape index (κ1) is 21.4. The Bertz CT molecular complexity index is 615. The fraction of sp³-hybridized carbons (Fsp3) is 0.636. The molecule has 0 saturated heterocycles. The summed E-state index contributed by atoms with van der Waals surface area (Å²) in [5, 5.41) is 6.06. The highest BCUT2D eigenvalue weighted by atomic mass is 16.2. The SMILES string of the molecule is CC(C)[C@@H]1CC[C@@H](C)C[C@H]1C(=O)NC[C@H](NC(=O)[C@@H](C)N)c1ccccc1. The molecule has 2 amide bonds.